The van der Waals surface area contributed by atoms with Crippen LogP contribution in [0.15, 0.2) is 30.3 Å². The van der Waals surface area contributed by atoms with Crippen LogP contribution in [-0.4, -0.2) is 29.6 Å². The van der Waals surface area contributed by atoms with Gasteiger partial charge in [0, 0.05) is 0 Å². The summed E-state index contributed by atoms with van der Waals surface area (Å²) in [5.41, 5.74) is 5.05. The Kier molecular flexibility index (Phi) is 3.81. The molecule has 0 saturated carbocycles. The van der Waals surface area contributed by atoms with Crippen LogP contribution in [0.25, 0.3) is 0 Å². The maximum atomic E-state index is 11.0. The second-order valence-electron chi connectivity index (χ2n) is 3.10. The van der Waals surface area contributed by atoms with Gasteiger partial charge in [-0.2, -0.15) is 12.7 Å². The van der Waals surface area contributed by atoms with E-state index in [0.717, 1.165) is 0 Å². The van der Waals surface area contributed by atoms with Gasteiger partial charge >= 0.3 is 16.3 Å². The number of carbonyl (C=O) groups excluding carboxylic acids is 2. The van der Waals surface area contributed by atoms with Crippen molar-refractivity contribution < 1.29 is 22.6 Å². The fourth-order valence-electron chi connectivity index (χ4n) is 1.31. The van der Waals surface area contributed by atoms with E-state index in [-0.39, 0.29) is 16.2 Å². The fraction of sp³-hybridized carbons (Fsp3) is 0.111. The van der Waals surface area contributed by atoms with Crippen molar-refractivity contribution in [3.8, 4) is 0 Å². The average molecular weight is 258 g/mol. The predicted molar refractivity (Wildman–Crippen MR) is 58.2 cm³/mol. The van der Waals surface area contributed by atoms with Crippen molar-refractivity contribution in [2.45, 2.75) is 6.04 Å². The molecule has 0 aliphatic rings. The van der Waals surface area contributed by atoms with Crippen molar-refractivity contribution in [1.29, 1.82) is 0 Å². The third kappa shape index (κ3) is 3.02. The van der Waals surface area contributed by atoms with E-state index in [1.165, 1.54) is 12.1 Å². The zero-order valence-corrected chi connectivity index (χ0v) is 9.37. The third-order valence-corrected chi connectivity index (χ3v) is 2.89. The van der Waals surface area contributed by atoms with E-state index in [1.54, 1.807) is 18.2 Å². The lowest BCUT2D eigenvalue weighted by molar-refractivity contribution is -0.110. The number of hydrogen-bond acceptors (Lipinski definition) is 4. The number of rotatable bonds is 4. The lowest BCUT2D eigenvalue weighted by Crippen LogP contribution is -2.43. The largest absolute Gasteiger partial charge is 0.364 e. The van der Waals surface area contributed by atoms with Crippen LogP contribution in [-0.2, 0) is 15.1 Å². The Morgan fingerprint density at radius 2 is 1.88 bits per heavy atom. The number of benzene rings is 1. The Bertz CT molecular complexity index is 513. The Hall–Kier alpha value is -1.93. The van der Waals surface area contributed by atoms with Crippen LogP contribution >= 0.6 is 0 Å². The highest BCUT2D eigenvalue weighted by Gasteiger charge is 2.32. The highest BCUT2D eigenvalue weighted by atomic mass is 32.2. The van der Waals surface area contributed by atoms with Crippen LogP contribution in [0.5, 0.6) is 0 Å². The molecule has 17 heavy (non-hydrogen) atoms. The summed E-state index contributed by atoms with van der Waals surface area (Å²) >= 11 is 0. The van der Waals surface area contributed by atoms with Gasteiger partial charge in [-0.05, 0) is 5.56 Å². The van der Waals surface area contributed by atoms with Crippen LogP contribution in [0.3, 0.4) is 0 Å². The number of aldehydes is 1. The zero-order valence-electron chi connectivity index (χ0n) is 8.55. The van der Waals surface area contributed by atoms with E-state index in [4.69, 9.17) is 10.3 Å². The average Bonchev–Trinajstić information content (AvgIpc) is 2.24. The molecule has 1 unspecified atom stereocenters. The topological polar surface area (TPSA) is 118 Å². The van der Waals surface area contributed by atoms with Gasteiger partial charge in [-0.3, -0.25) is 4.55 Å². The molecule has 2 amide bonds. The molecule has 0 heterocycles. The summed E-state index contributed by atoms with van der Waals surface area (Å²) in [6.45, 7) is 0. The monoisotopic (exact) mass is 258 g/mol. The van der Waals surface area contributed by atoms with E-state index in [2.05, 4.69) is 0 Å². The summed E-state index contributed by atoms with van der Waals surface area (Å²) in [4.78, 5) is 21.8. The molecule has 0 bridgehead atoms. The van der Waals surface area contributed by atoms with Gasteiger partial charge in [0.15, 0.2) is 0 Å². The number of urea groups is 1. The maximum absolute atomic E-state index is 11.0. The lowest BCUT2D eigenvalue weighted by Gasteiger charge is -2.22. The summed E-state index contributed by atoms with van der Waals surface area (Å²) in [5.74, 6) is 0. The normalized spacial score (nSPS) is 12.8. The molecule has 1 rings (SSSR count). The molecular weight excluding hydrogens is 248 g/mol. The van der Waals surface area contributed by atoms with Crippen molar-refractivity contribution in [1.82, 2.24) is 4.31 Å². The molecule has 0 aliphatic carbocycles. The van der Waals surface area contributed by atoms with E-state index >= 15 is 0 Å². The molecule has 7 nitrogen and oxygen atoms in total. The molecule has 8 heteroatoms. The number of nitrogens with two attached hydrogens (primary N) is 1. The molecular formula is C9H10N2O5S. The first-order chi connectivity index (χ1) is 7.88. The van der Waals surface area contributed by atoms with Crippen LogP contribution < -0.4 is 5.73 Å². The van der Waals surface area contributed by atoms with Crippen molar-refractivity contribution in [2.75, 3.05) is 0 Å². The zero-order chi connectivity index (χ0) is 13.1. The van der Waals surface area contributed by atoms with Gasteiger partial charge in [0.2, 0.25) is 0 Å². The van der Waals surface area contributed by atoms with Crippen molar-refractivity contribution in [2.24, 2.45) is 5.73 Å². The highest BCUT2D eigenvalue weighted by Crippen LogP contribution is 2.20. The van der Waals surface area contributed by atoms with Crippen molar-refractivity contribution in [3.63, 3.8) is 0 Å². The SMILES string of the molecule is NC(=O)N(C(C=O)c1ccccc1)S(=O)(=O)O. The third-order valence-electron chi connectivity index (χ3n) is 1.99. The molecule has 3 N–H and O–H groups in total. The van der Waals surface area contributed by atoms with Gasteiger partial charge in [0.1, 0.15) is 12.3 Å². The number of hydrogen-bond donors (Lipinski definition) is 2. The summed E-state index contributed by atoms with van der Waals surface area (Å²) < 4.78 is 30.7. The van der Waals surface area contributed by atoms with Crippen LogP contribution in [0, 0.1) is 0 Å². The fourth-order valence-corrected chi connectivity index (χ4v) is 2.00. The molecule has 0 aliphatic heterocycles. The number of carbonyl (C=O) groups is 2. The van der Waals surface area contributed by atoms with Crippen molar-refractivity contribution >= 4 is 22.6 Å². The van der Waals surface area contributed by atoms with E-state index in [0.29, 0.717) is 0 Å². The minimum absolute atomic E-state index is 0.0880. The van der Waals surface area contributed by atoms with Crippen LogP contribution in [0.1, 0.15) is 11.6 Å². The minimum atomic E-state index is -4.90. The predicted octanol–water partition coefficient (Wildman–Crippen LogP) is 0.110. The Balaban J connectivity index is 3.26. The standard InChI is InChI=1S/C9H10N2O5S/c10-9(13)11(17(14,15)16)8(6-12)7-4-2-1-3-5-7/h1-6,8H,(H2,10,13)(H,14,15,16). The number of nitrogens with zero attached hydrogens (tertiary/aromatic N) is 1. The molecule has 0 radical (unpaired) electrons. The first kappa shape index (κ1) is 13.1. The Morgan fingerprint density at radius 3 is 2.24 bits per heavy atom. The summed E-state index contributed by atoms with van der Waals surface area (Å²) in [5, 5.41) is 0. The molecule has 1 aromatic carbocycles. The molecule has 0 spiro atoms. The molecule has 0 aromatic heterocycles. The second-order valence-corrected chi connectivity index (χ2v) is 4.39. The van der Waals surface area contributed by atoms with Crippen molar-refractivity contribution in [3.05, 3.63) is 35.9 Å². The second kappa shape index (κ2) is 4.93. The van der Waals surface area contributed by atoms with E-state index < -0.39 is 22.4 Å². The minimum Gasteiger partial charge on any atom is -0.351 e. The molecule has 1 atom stereocenters. The van der Waals surface area contributed by atoms with Crippen LogP contribution in [0.4, 0.5) is 4.79 Å². The van der Waals surface area contributed by atoms with Gasteiger partial charge in [0.05, 0.1) is 0 Å². The maximum Gasteiger partial charge on any atom is 0.364 e. The van der Waals surface area contributed by atoms with Gasteiger partial charge in [0.25, 0.3) is 0 Å². The van der Waals surface area contributed by atoms with Gasteiger partial charge in [-0.15, -0.1) is 0 Å². The first-order valence-corrected chi connectivity index (χ1v) is 5.84. The Labute approximate surface area is 97.7 Å². The molecule has 0 fully saturated rings. The van der Waals surface area contributed by atoms with E-state index in [9.17, 15) is 18.0 Å². The first-order valence-electron chi connectivity index (χ1n) is 4.44. The van der Waals surface area contributed by atoms with Gasteiger partial charge in [-0.1, -0.05) is 30.3 Å². The highest BCUT2D eigenvalue weighted by molar-refractivity contribution is 7.84. The van der Waals surface area contributed by atoms with Gasteiger partial charge < -0.3 is 10.5 Å². The lowest BCUT2D eigenvalue weighted by atomic mass is 10.1. The molecule has 0 saturated heterocycles. The quantitative estimate of drug-likeness (QED) is 0.587. The summed E-state index contributed by atoms with van der Waals surface area (Å²) in [6, 6.07) is 4.69. The van der Waals surface area contributed by atoms with Crippen LogP contribution in [0.2, 0.25) is 0 Å². The molecule has 1 aromatic rings. The summed E-state index contributed by atoms with van der Waals surface area (Å²) in [7, 11) is -4.90. The number of primary amides is 1. The smallest absolute Gasteiger partial charge is 0.351 e. The Morgan fingerprint density at radius 1 is 1.35 bits per heavy atom. The van der Waals surface area contributed by atoms with Gasteiger partial charge in [-0.25, -0.2) is 4.79 Å². The summed E-state index contributed by atoms with van der Waals surface area (Å²) in [6.07, 6.45) is 0.202. The van der Waals surface area contributed by atoms with E-state index in [1.807, 2.05) is 0 Å². The number of amides is 2. The molecule has 92 valence electrons.